The van der Waals surface area contributed by atoms with Gasteiger partial charge in [-0.25, -0.2) is 9.88 Å². The molecule has 0 aliphatic rings. The fourth-order valence-electron chi connectivity index (χ4n) is 2.27. The van der Waals surface area contributed by atoms with Crippen molar-refractivity contribution in [3.8, 4) is 0 Å². The number of thiazole rings is 1. The number of benzene rings is 1. The zero-order chi connectivity index (χ0) is 15.8. The summed E-state index contributed by atoms with van der Waals surface area (Å²) in [5, 5.41) is 7.58. The largest absolute Gasteiger partial charge is 1.00 e. The van der Waals surface area contributed by atoms with E-state index in [9.17, 15) is 0 Å². The first-order valence-corrected chi connectivity index (χ1v) is 8.42. The molecule has 1 aromatic carbocycles. The Hall–Kier alpha value is -0.580. The van der Waals surface area contributed by atoms with Gasteiger partial charge >= 0.3 is 5.13 Å². The summed E-state index contributed by atoms with van der Waals surface area (Å²) in [5.41, 5.74) is 2.38. The Bertz CT molecular complexity index is 639. The Kier molecular flexibility index (Phi) is 6.10. The Balaban J connectivity index is 0.00000242. The minimum Gasteiger partial charge on any atom is -1.00 e. The minimum absolute atomic E-state index is 0. The molecule has 2 nitrogen and oxygen atoms in total. The molecule has 1 aromatic heterocycles. The predicted octanol–water partition coefficient (Wildman–Crippen LogP) is 2.49. The van der Waals surface area contributed by atoms with E-state index < -0.39 is 0 Å². The van der Waals surface area contributed by atoms with Crippen LogP contribution in [0.2, 0.25) is 5.02 Å². The maximum atomic E-state index is 6.27. The number of hydrogen-bond acceptors (Lipinski definition) is 2. The molecule has 0 aliphatic heterocycles. The fraction of sp³-hybridized carbons (Fsp3) is 0.471. The lowest BCUT2D eigenvalue weighted by Gasteiger charge is -2.25. The Morgan fingerprint density at radius 2 is 1.64 bits per heavy atom. The van der Waals surface area contributed by atoms with Gasteiger partial charge in [-0.2, -0.15) is 0 Å². The molecule has 0 unspecified atom stereocenters. The smallest absolute Gasteiger partial charge is 0.339 e. The average Bonchev–Trinajstić information content (AvgIpc) is 2.75. The highest BCUT2D eigenvalue weighted by Gasteiger charge is 2.34. The second-order valence-corrected chi connectivity index (χ2v) is 8.55. The van der Waals surface area contributed by atoms with Gasteiger partial charge in [0.25, 0.3) is 0 Å². The van der Waals surface area contributed by atoms with Crippen molar-refractivity contribution in [3.05, 3.63) is 40.4 Å². The summed E-state index contributed by atoms with van der Waals surface area (Å²) < 4.78 is 2.38. The molecular weight excluding hydrogens is 380 g/mol. The van der Waals surface area contributed by atoms with Gasteiger partial charge in [0.05, 0.1) is 5.02 Å². The lowest BCUT2D eigenvalue weighted by atomic mass is 9.91. The molecule has 0 amide bonds. The van der Waals surface area contributed by atoms with Gasteiger partial charge in [0.15, 0.2) is 0 Å². The summed E-state index contributed by atoms with van der Waals surface area (Å²) in [6.45, 7) is 13.4. The number of rotatable bonds is 2. The van der Waals surface area contributed by atoms with Crippen LogP contribution in [-0.2, 0) is 11.0 Å². The van der Waals surface area contributed by atoms with Gasteiger partial charge in [0, 0.05) is 10.8 Å². The standard InChI is InChI=1S/C17H23ClN2S.BrH/c1-16(2,3)14-11-21-15(20(14)17(4,5)6)19-13-10-8-7-9-12(13)18;/h7-11H,1-6H3;1H. The van der Waals surface area contributed by atoms with Crippen molar-refractivity contribution in [2.75, 3.05) is 5.32 Å². The summed E-state index contributed by atoms with van der Waals surface area (Å²) in [6, 6.07) is 7.85. The molecule has 0 aliphatic carbocycles. The van der Waals surface area contributed by atoms with E-state index in [1.807, 2.05) is 24.3 Å². The summed E-state index contributed by atoms with van der Waals surface area (Å²) >= 11 is 8.00. The zero-order valence-electron chi connectivity index (χ0n) is 14.0. The zero-order valence-corrected chi connectivity index (χ0v) is 17.2. The maximum Gasteiger partial charge on any atom is 0.339 e. The maximum absolute atomic E-state index is 6.27. The van der Waals surface area contributed by atoms with E-state index >= 15 is 0 Å². The number of para-hydroxylation sites is 1. The first-order valence-electron chi connectivity index (χ1n) is 7.17. The van der Waals surface area contributed by atoms with E-state index in [0.717, 1.165) is 15.8 Å². The summed E-state index contributed by atoms with van der Waals surface area (Å²) in [5.74, 6) is 0. The van der Waals surface area contributed by atoms with Crippen LogP contribution in [0.15, 0.2) is 29.6 Å². The third-order valence-corrected chi connectivity index (χ3v) is 4.46. The van der Waals surface area contributed by atoms with Gasteiger partial charge in [0.2, 0.25) is 0 Å². The highest BCUT2D eigenvalue weighted by molar-refractivity contribution is 7.13. The Morgan fingerprint density at radius 3 is 2.14 bits per heavy atom. The van der Waals surface area contributed by atoms with E-state index in [1.165, 1.54) is 5.69 Å². The molecule has 0 saturated heterocycles. The molecule has 0 fully saturated rings. The van der Waals surface area contributed by atoms with Crippen molar-refractivity contribution >= 4 is 33.8 Å². The SMILES string of the molecule is CC(C)(C)c1csc(Nc2ccccc2Cl)[n+]1C(C)(C)C.[Br-]. The third-order valence-electron chi connectivity index (χ3n) is 3.28. The third kappa shape index (κ3) is 4.24. The van der Waals surface area contributed by atoms with Crippen LogP contribution in [0.1, 0.15) is 47.2 Å². The molecule has 2 rings (SSSR count). The van der Waals surface area contributed by atoms with Crippen LogP contribution < -0.4 is 26.9 Å². The lowest BCUT2D eigenvalue weighted by Crippen LogP contribution is -3.00. The quantitative estimate of drug-likeness (QED) is 0.762. The van der Waals surface area contributed by atoms with Crippen LogP contribution in [0.4, 0.5) is 10.8 Å². The van der Waals surface area contributed by atoms with E-state index in [1.54, 1.807) is 11.3 Å². The minimum atomic E-state index is 0. The van der Waals surface area contributed by atoms with Crippen LogP contribution >= 0.6 is 22.9 Å². The molecule has 0 spiro atoms. The van der Waals surface area contributed by atoms with Crippen LogP contribution in [0, 0.1) is 0 Å². The van der Waals surface area contributed by atoms with E-state index in [4.69, 9.17) is 11.6 Å². The number of nitrogens with one attached hydrogen (secondary N) is 1. The Morgan fingerprint density at radius 1 is 1.05 bits per heavy atom. The van der Waals surface area contributed by atoms with Gasteiger partial charge in [-0.05, 0) is 32.9 Å². The molecule has 1 N–H and O–H groups in total. The van der Waals surface area contributed by atoms with E-state index in [0.29, 0.717) is 0 Å². The first-order chi connectivity index (χ1) is 9.60. The van der Waals surface area contributed by atoms with Gasteiger partial charge in [-0.3, -0.25) is 0 Å². The monoisotopic (exact) mass is 402 g/mol. The molecule has 0 bridgehead atoms. The van der Waals surface area contributed by atoms with Crippen molar-refractivity contribution < 1.29 is 21.5 Å². The molecule has 2 aromatic rings. The molecule has 22 heavy (non-hydrogen) atoms. The second kappa shape index (κ2) is 6.90. The highest BCUT2D eigenvalue weighted by Crippen LogP contribution is 2.31. The number of halogens is 2. The second-order valence-electron chi connectivity index (χ2n) is 7.29. The number of aromatic nitrogens is 1. The molecule has 0 atom stereocenters. The first kappa shape index (κ1) is 19.5. The molecule has 0 saturated carbocycles. The number of nitrogens with zero attached hydrogens (tertiary/aromatic N) is 1. The summed E-state index contributed by atoms with van der Waals surface area (Å²) in [6.07, 6.45) is 0. The molecule has 1 heterocycles. The molecule has 122 valence electrons. The van der Waals surface area contributed by atoms with E-state index in [-0.39, 0.29) is 27.9 Å². The van der Waals surface area contributed by atoms with Crippen LogP contribution in [-0.4, -0.2) is 0 Å². The van der Waals surface area contributed by atoms with Crippen molar-refractivity contribution in [3.63, 3.8) is 0 Å². The van der Waals surface area contributed by atoms with Crippen LogP contribution in [0.25, 0.3) is 0 Å². The van der Waals surface area contributed by atoms with Gasteiger partial charge < -0.3 is 17.0 Å². The number of hydrogen-bond donors (Lipinski definition) is 1. The van der Waals surface area contributed by atoms with E-state index in [2.05, 4.69) is 56.8 Å². The van der Waals surface area contributed by atoms with Gasteiger partial charge in [-0.15, -0.1) is 0 Å². The molecular formula is C17H24BrClN2S. The highest BCUT2D eigenvalue weighted by atomic mass is 79.9. The van der Waals surface area contributed by atoms with Gasteiger partial charge in [-0.1, -0.05) is 55.8 Å². The molecule has 5 heteroatoms. The molecule has 0 radical (unpaired) electrons. The Labute approximate surface area is 153 Å². The number of anilines is 2. The van der Waals surface area contributed by atoms with Crippen molar-refractivity contribution in [1.82, 2.24) is 0 Å². The van der Waals surface area contributed by atoms with Crippen LogP contribution in [0.3, 0.4) is 0 Å². The van der Waals surface area contributed by atoms with Gasteiger partial charge in [0.1, 0.15) is 16.9 Å². The average molecular weight is 404 g/mol. The van der Waals surface area contributed by atoms with Crippen LogP contribution in [0.5, 0.6) is 0 Å². The normalized spacial score (nSPS) is 12.0. The predicted molar refractivity (Wildman–Crippen MR) is 92.9 cm³/mol. The summed E-state index contributed by atoms with van der Waals surface area (Å²) in [4.78, 5) is 0. The lowest BCUT2D eigenvalue weighted by molar-refractivity contribution is -0.746. The van der Waals surface area contributed by atoms with Crippen molar-refractivity contribution in [2.45, 2.75) is 52.5 Å². The summed E-state index contributed by atoms with van der Waals surface area (Å²) in [7, 11) is 0. The van der Waals surface area contributed by atoms with Crippen molar-refractivity contribution in [1.29, 1.82) is 0 Å². The van der Waals surface area contributed by atoms with Crippen molar-refractivity contribution in [2.24, 2.45) is 0 Å². The topological polar surface area (TPSA) is 15.9 Å². The fourth-order valence-corrected chi connectivity index (χ4v) is 3.78.